The van der Waals surface area contributed by atoms with Crippen LogP contribution in [0.5, 0.6) is 5.75 Å². The fraction of sp³-hybridized carbons (Fsp3) is 0.350. The average molecular weight is 404 g/mol. The predicted molar refractivity (Wildman–Crippen MR) is 106 cm³/mol. The van der Waals surface area contributed by atoms with E-state index in [4.69, 9.17) is 9.47 Å². The lowest BCUT2D eigenvalue weighted by Crippen LogP contribution is -2.40. The number of hydrogen-bond donors (Lipinski definition) is 1. The smallest absolute Gasteiger partial charge is 0.255 e. The van der Waals surface area contributed by atoms with E-state index in [1.165, 1.54) is 16.4 Å². The van der Waals surface area contributed by atoms with Gasteiger partial charge in [0.2, 0.25) is 10.0 Å². The van der Waals surface area contributed by atoms with Crippen LogP contribution < -0.4 is 10.1 Å². The number of nitrogens with one attached hydrogen (secondary N) is 1. The molecule has 1 saturated heterocycles. The Hall–Kier alpha value is -2.42. The van der Waals surface area contributed by atoms with Gasteiger partial charge in [-0.05, 0) is 62.4 Å². The standard InChI is InChI=1S/C20H24N2O5S/c1-15(2)27-18-7-3-16(4-8-18)20(23)21-17-5-9-19(10-6-17)28(24,25)22-11-13-26-14-12-22/h3-10,15H,11-14H2,1-2H3,(H,21,23). The summed E-state index contributed by atoms with van der Waals surface area (Å²) in [4.78, 5) is 12.6. The first kappa shape index (κ1) is 20.3. The number of nitrogens with zero attached hydrogens (tertiary/aromatic N) is 1. The largest absolute Gasteiger partial charge is 0.491 e. The molecule has 1 amide bonds. The summed E-state index contributed by atoms with van der Waals surface area (Å²) in [6.45, 7) is 5.35. The summed E-state index contributed by atoms with van der Waals surface area (Å²) >= 11 is 0. The Balaban J connectivity index is 1.66. The second kappa shape index (κ2) is 8.72. The van der Waals surface area contributed by atoms with Crippen molar-refractivity contribution in [3.8, 4) is 5.75 Å². The van der Waals surface area contributed by atoms with Gasteiger partial charge >= 0.3 is 0 Å². The molecule has 2 aromatic carbocycles. The normalized spacial score (nSPS) is 15.4. The van der Waals surface area contributed by atoms with Crippen molar-refractivity contribution in [1.29, 1.82) is 0 Å². The van der Waals surface area contributed by atoms with Crippen molar-refractivity contribution in [3.05, 3.63) is 54.1 Å². The molecule has 0 spiro atoms. The SMILES string of the molecule is CC(C)Oc1ccc(C(=O)Nc2ccc(S(=O)(=O)N3CCOCC3)cc2)cc1. The number of sulfonamides is 1. The third-order valence-electron chi connectivity index (χ3n) is 4.21. The fourth-order valence-corrected chi connectivity index (χ4v) is 4.21. The topological polar surface area (TPSA) is 84.9 Å². The number of ether oxygens (including phenoxy) is 2. The molecule has 3 rings (SSSR count). The van der Waals surface area contributed by atoms with Crippen LogP contribution in [0.2, 0.25) is 0 Å². The molecule has 0 saturated carbocycles. The molecule has 8 heteroatoms. The highest BCUT2D eigenvalue weighted by Crippen LogP contribution is 2.20. The first-order valence-electron chi connectivity index (χ1n) is 9.12. The van der Waals surface area contributed by atoms with E-state index in [1.54, 1.807) is 36.4 Å². The quantitative estimate of drug-likeness (QED) is 0.800. The lowest BCUT2D eigenvalue weighted by atomic mass is 10.2. The number of benzene rings is 2. The van der Waals surface area contributed by atoms with Gasteiger partial charge in [0.25, 0.3) is 5.91 Å². The molecule has 2 aromatic rings. The second-order valence-electron chi connectivity index (χ2n) is 6.69. The van der Waals surface area contributed by atoms with Crippen LogP contribution in [0.15, 0.2) is 53.4 Å². The summed E-state index contributed by atoms with van der Waals surface area (Å²) in [6, 6.07) is 13.0. The summed E-state index contributed by atoms with van der Waals surface area (Å²) in [5, 5.41) is 2.77. The number of carbonyl (C=O) groups is 1. The van der Waals surface area contributed by atoms with Crippen molar-refractivity contribution in [2.24, 2.45) is 0 Å². The monoisotopic (exact) mass is 404 g/mol. The summed E-state index contributed by atoms with van der Waals surface area (Å²) < 4.78 is 37.4. The van der Waals surface area contributed by atoms with Gasteiger partial charge in [0, 0.05) is 24.3 Å². The highest BCUT2D eigenvalue weighted by Gasteiger charge is 2.26. The van der Waals surface area contributed by atoms with Crippen LogP contribution in [0.4, 0.5) is 5.69 Å². The molecule has 1 N–H and O–H groups in total. The Morgan fingerprint density at radius 2 is 1.64 bits per heavy atom. The molecule has 7 nitrogen and oxygen atoms in total. The van der Waals surface area contributed by atoms with Gasteiger partial charge < -0.3 is 14.8 Å². The van der Waals surface area contributed by atoms with Crippen molar-refractivity contribution in [2.45, 2.75) is 24.8 Å². The minimum absolute atomic E-state index is 0.0620. The third-order valence-corrected chi connectivity index (χ3v) is 6.12. The van der Waals surface area contributed by atoms with Gasteiger partial charge in [0.1, 0.15) is 5.75 Å². The number of carbonyl (C=O) groups excluding carboxylic acids is 1. The van der Waals surface area contributed by atoms with Crippen molar-refractivity contribution in [2.75, 3.05) is 31.6 Å². The van der Waals surface area contributed by atoms with Crippen molar-refractivity contribution < 1.29 is 22.7 Å². The van der Waals surface area contributed by atoms with Crippen LogP contribution >= 0.6 is 0 Å². The van der Waals surface area contributed by atoms with E-state index in [0.29, 0.717) is 43.3 Å². The Morgan fingerprint density at radius 1 is 1.04 bits per heavy atom. The molecular formula is C20H24N2O5S. The number of morpholine rings is 1. The minimum Gasteiger partial charge on any atom is -0.491 e. The van der Waals surface area contributed by atoms with Gasteiger partial charge in [-0.1, -0.05) is 0 Å². The predicted octanol–water partition coefficient (Wildman–Crippen LogP) is 2.75. The lowest BCUT2D eigenvalue weighted by Gasteiger charge is -2.26. The first-order chi connectivity index (χ1) is 13.4. The third kappa shape index (κ3) is 4.89. The van der Waals surface area contributed by atoms with Crippen molar-refractivity contribution >= 4 is 21.6 Å². The fourth-order valence-electron chi connectivity index (χ4n) is 2.81. The molecule has 1 heterocycles. The first-order valence-corrected chi connectivity index (χ1v) is 10.6. The summed E-state index contributed by atoms with van der Waals surface area (Å²) in [5.74, 6) is 0.420. The van der Waals surface area contributed by atoms with E-state index in [9.17, 15) is 13.2 Å². The molecule has 0 aromatic heterocycles. The van der Waals surface area contributed by atoms with Crippen LogP contribution in [0, 0.1) is 0 Å². The Morgan fingerprint density at radius 3 is 2.21 bits per heavy atom. The molecule has 0 atom stereocenters. The molecule has 150 valence electrons. The van der Waals surface area contributed by atoms with E-state index in [0.717, 1.165) is 0 Å². The van der Waals surface area contributed by atoms with Gasteiger partial charge in [-0.15, -0.1) is 0 Å². The molecule has 0 radical (unpaired) electrons. The number of rotatable bonds is 6. The average Bonchev–Trinajstić information content (AvgIpc) is 2.69. The number of anilines is 1. The van der Waals surface area contributed by atoms with Crippen LogP contribution in [0.25, 0.3) is 0 Å². The zero-order chi connectivity index (χ0) is 20.1. The highest BCUT2D eigenvalue weighted by molar-refractivity contribution is 7.89. The molecule has 1 aliphatic heterocycles. The molecule has 0 aliphatic carbocycles. The van der Waals surface area contributed by atoms with Crippen molar-refractivity contribution in [3.63, 3.8) is 0 Å². The molecule has 0 unspecified atom stereocenters. The maximum absolute atomic E-state index is 12.6. The van der Waals surface area contributed by atoms with Gasteiger partial charge in [0.15, 0.2) is 0 Å². The number of hydrogen-bond acceptors (Lipinski definition) is 5. The number of amides is 1. The Bertz CT molecular complexity index is 903. The van der Waals surface area contributed by atoms with Crippen LogP contribution in [-0.2, 0) is 14.8 Å². The van der Waals surface area contributed by atoms with E-state index in [2.05, 4.69) is 5.32 Å². The van der Waals surface area contributed by atoms with Crippen LogP contribution in [0.1, 0.15) is 24.2 Å². The molecule has 1 fully saturated rings. The second-order valence-corrected chi connectivity index (χ2v) is 8.62. The van der Waals surface area contributed by atoms with E-state index in [-0.39, 0.29) is 16.9 Å². The van der Waals surface area contributed by atoms with E-state index in [1.807, 2.05) is 13.8 Å². The summed E-state index contributed by atoms with van der Waals surface area (Å²) in [7, 11) is -3.55. The molecule has 1 aliphatic rings. The molecular weight excluding hydrogens is 380 g/mol. The highest BCUT2D eigenvalue weighted by atomic mass is 32.2. The summed E-state index contributed by atoms with van der Waals surface area (Å²) in [6.07, 6.45) is 0.0620. The Kier molecular flexibility index (Phi) is 6.33. The van der Waals surface area contributed by atoms with Gasteiger partial charge in [-0.25, -0.2) is 8.42 Å². The van der Waals surface area contributed by atoms with Gasteiger partial charge in [-0.3, -0.25) is 4.79 Å². The van der Waals surface area contributed by atoms with Gasteiger partial charge in [0.05, 0.1) is 24.2 Å². The van der Waals surface area contributed by atoms with E-state index < -0.39 is 10.0 Å². The zero-order valence-corrected chi connectivity index (χ0v) is 16.7. The van der Waals surface area contributed by atoms with E-state index >= 15 is 0 Å². The Labute approximate surface area is 165 Å². The molecule has 0 bridgehead atoms. The van der Waals surface area contributed by atoms with Crippen molar-refractivity contribution in [1.82, 2.24) is 4.31 Å². The maximum atomic E-state index is 12.6. The van der Waals surface area contributed by atoms with Crippen LogP contribution in [0.3, 0.4) is 0 Å². The summed E-state index contributed by atoms with van der Waals surface area (Å²) in [5.41, 5.74) is 1.01. The molecule has 28 heavy (non-hydrogen) atoms. The zero-order valence-electron chi connectivity index (χ0n) is 15.9. The lowest BCUT2D eigenvalue weighted by molar-refractivity contribution is 0.0730. The minimum atomic E-state index is -3.55. The van der Waals surface area contributed by atoms with Gasteiger partial charge in [-0.2, -0.15) is 4.31 Å². The maximum Gasteiger partial charge on any atom is 0.255 e. The van der Waals surface area contributed by atoms with Crippen LogP contribution in [-0.4, -0.2) is 51.0 Å².